The molecule has 0 radical (unpaired) electrons. The number of aliphatic carboxylic acids is 1. The van der Waals surface area contributed by atoms with E-state index in [4.69, 9.17) is 4.74 Å². The van der Waals surface area contributed by atoms with Gasteiger partial charge in [-0.3, -0.25) is 9.59 Å². The van der Waals surface area contributed by atoms with E-state index < -0.39 is 21.4 Å². The molecule has 1 unspecified atom stereocenters. The molecule has 2 rings (SSSR count). The molecule has 26 heavy (non-hydrogen) atoms. The number of aryl methyl sites for hydroxylation is 1. The molecule has 0 bridgehead atoms. The third-order valence-corrected chi connectivity index (χ3v) is 6.08. The highest BCUT2D eigenvalue weighted by atomic mass is 32.2. The summed E-state index contributed by atoms with van der Waals surface area (Å²) in [4.78, 5) is 25.6. The van der Waals surface area contributed by atoms with E-state index in [1.165, 1.54) is 24.1 Å². The SMILES string of the molecule is COCCNS(=O)(=O)c1ccc(C)c(C(=O)N2CCC(C)(C(=O)O)C2)c1. The third kappa shape index (κ3) is 4.22. The van der Waals surface area contributed by atoms with Gasteiger partial charge in [0.05, 0.1) is 16.9 Å². The van der Waals surface area contributed by atoms with Crippen molar-refractivity contribution in [1.29, 1.82) is 0 Å². The van der Waals surface area contributed by atoms with Crippen LogP contribution in [0.5, 0.6) is 0 Å². The summed E-state index contributed by atoms with van der Waals surface area (Å²) in [5.74, 6) is -1.30. The number of amides is 1. The number of methoxy groups -OCH3 is 1. The monoisotopic (exact) mass is 384 g/mol. The molecule has 0 saturated carbocycles. The predicted octanol–water partition coefficient (Wildman–Crippen LogP) is 0.857. The van der Waals surface area contributed by atoms with E-state index in [1.54, 1.807) is 19.9 Å². The number of carboxylic acid groups (broad SMARTS) is 1. The number of sulfonamides is 1. The fraction of sp³-hybridized carbons (Fsp3) is 0.529. The molecule has 1 aliphatic heterocycles. The zero-order valence-electron chi connectivity index (χ0n) is 15.1. The Kier molecular flexibility index (Phi) is 6.05. The number of carboxylic acids is 1. The lowest BCUT2D eigenvalue weighted by atomic mass is 9.90. The topological polar surface area (TPSA) is 113 Å². The van der Waals surface area contributed by atoms with Crippen LogP contribution in [0.4, 0.5) is 0 Å². The Balaban J connectivity index is 2.25. The molecule has 9 heteroatoms. The second kappa shape index (κ2) is 7.73. The van der Waals surface area contributed by atoms with E-state index >= 15 is 0 Å². The molecule has 144 valence electrons. The Hall–Kier alpha value is -1.97. The van der Waals surface area contributed by atoms with Crippen molar-refractivity contribution < 1.29 is 27.9 Å². The summed E-state index contributed by atoms with van der Waals surface area (Å²) in [6.45, 7) is 4.11. The molecule has 1 atom stereocenters. The standard InChI is InChI=1S/C17H24N2O6S/c1-12-4-5-13(26(23,24)18-7-9-25-3)10-14(12)15(20)19-8-6-17(2,11-19)16(21)22/h4-5,10,18H,6-9,11H2,1-3H3,(H,21,22). The first-order chi connectivity index (χ1) is 12.1. The lowest BCUT2D eigenvalue weighted by Crippen LogP contribution is -2.35. The molecular weight excluding hydrogens is 360 g/mol. The molecule has 1 aromatic carbocycles. The molecule has 1 heterocycles. The molecule has 1 aromatic rings. The second-order valence-corrected chi connectivity index (χ2v) is 8.48. The zero-order chi connectivity index (χ0) is 19.5. The van der Waals surface area contributed by atoms with Crippen LogP contribution < -0.4 is 4.72 Å². The molecule has 1 fully saturated rings. The lowest BCUT2D eigenvalue weighted by molar-refractivity contribution is -0.147. The van der Waals surface area contributed by atoms with Gasteiger partial charge in [0.15, 0.2) is 0 Å². The van der Waals surface area contributed by atoms with Gasteiger partial charge >= 0.3 is 5.97 Å². The van der Waals surface area contributed by atoms with Gasteiger partial charge in [0, 0.05) is 32.3 Å². The maximum absolute atomic E-state index is 12.8. The van der Waals surface area contributed by atoms with Gasteiger partial charge in [0.2, 0.25) is 10.0 Å². The average molecular weight is 384 g/mol. The van der Waals surface area contributed by atoms with Crippen LogP contribution in [0.1, 0.15) is 29.3 Å². The van der Waals surface area contributed by atoms with Crippen LogP contribution in [0.3, 0.4) is 0 Å². The number of rotatable bonds is 7. The molecule has 2 N–H and O–H groups in total. The first-order valence-electron chi connectivity index (χ1n) is 8.23. The molecule has 1 amide bonds. The van der Waals surface area contributed by atoms with Crippen molar-refractivity contribution >= 4 is 21.9 Å². The Labute approximate surface area is 153 Å². The summed E-state index contributed by atoms with van der Waals surface area (Å²) in [5.41, 5.74) is -0.0846. The summed E-state index contributed by atoms with van der Waals surface area (Å²) in [6, 6.07) is 4.35. The average Bonchev–Trinajstić information content (AvgIpc) is 2.98. The maximum Gasteiger partial charge on any atom is 0.311 e. The van der Waals surface area contributed by atoms with Gasteiger partial charge < -0.3 is 14.7 Å². The lowest BCUT2D eigenvalue weighted by Gasteiger charge is -2.21. The van der Waals surface area contributed by atoms with Crippen LogP contribution in [0.2, 0.25) is 0 Å². The van der Waals surface area contributed by atoms with E-state index in [2.05, 4.69) is 4.72 Å². The first-order valence-corrected chi connectivity index (χ1v) is 9.71. The second-order valence-electron chi connectivity index (χ2n) is 6.71. The molecule has 0 aromatic heterocycles. The van der Waals surface area contributed by atoms with Gasteiger partial charge in [0.25, 0.3) is 5.91 Å². The third-order valence-electron chi connectivity index (χ3n) is 4.62. The minimum absolute atomic E-state index is 0.0113. The van der Waals surface area contributed by atoms with Gasteiger partial charge in [-0.2, -0.15) is 0 Å². The van der Waals surface area contributed by atoms with E-state index in [1.807, 2.05) is 0 Å². The molecule has 0 aliphatic carbocycles. The molecule has 0 spiro atoms. The minimum Gasteiger partial charge on any atom is -0.481 e. The summed E-state index contributed by atoms with van der Waals surface area (Å²) >= 11 is 0. The van der Waals surface area contributed by atoms with Gasteiger partial charge in [-0.05, 0) is 38.0 Å². The number of ether oxygens (including phenoxy) is 1. The van der Waals surface area contributed by atoms with Crippen LogP contribution >= 0.6 is 0 Å². The Morgan fingerprint density at radius 1 is 1.38 bits per heavy atom. The Morgan fingerprint density at radius 2 is 2.08 bits per heavy atom. The van der Waals surface area contributed by atoms with E-state index in [0.29, 0.717) is 18.5 Å². The van der Waals surface area contributed by atoms with E-state index in [9.17, 15) is 23.1 Å². The number of carbonyl (C=O) groups excluding carboxylic acids is 1. The fourth-order valence-electron chi connectivity index (χ4n) is 2.84. The largest absolute Gasteiger partial charge is 0.481 e. The molecule has 8 nitrogen and oxygen atoms in total. The summed E-state index contributed by atoms with van der Waals surface area (Å²) in [5, 5.41) is 9.32. The van der Waals surface area contributed by atoms with Crippen LogP contribution in [-0.4, -0.2) is 63.7 Å². The predicted molar refractivity (Wildman–Crippen MR) is 94.5 cm³/mol. The Bertz CT molecular complexity index is 807. The number of likely N-dealkylation sites (tertiary alicyclic amines) is 1. The number of nitrogens with zero attached hydrogens (tertiary/aromatic N) is 1. The number of hydrogen-bond donors (Lipinski definition) is 2. The van der Waals surface area contributed by atoms with Crippen molar-refractivity contribution in [1.82, 2.24) is 9.62 Å². The normalized spacial score (nSPS) is 20.3. The molecule has 1 aliphatic rings. The van der Waals surface area contributed by atoms with Crippen molar-refractivity contribution in [3.63, 3.8) is 0 Å². The molecule has 1 saturated heterocycles. The first kappa shape index (κ1) is 20.3. The number of hydrogen-bond acceptors (Lipinski definition) is 5. The molecular formula is C17H24N2O6S. The Morgan fingerprint density at radius 3 is 2.65 bits per heavy atom. The summed E-state index contributed by atoms with van der Waals surface area (Å²) < 4.78 is 31.9. The van der Waals surface area contributed by atoms with Crippen molar-refractivity contribution in [2.24, 2.45) is 5.41 Å². The highest BCUT2D eigenvalue weighted by Gasteiger charge is 2.42. The van der Waals surface area contributed by atoms with Gasteiger partial charge in [0.1, 0.15) is 0 Å². The quantitative estimate of drug-likeness (QED) is 0.674. The maximum atomic E-state index is 12.8. The van der Waals surface area contributed by atoms with Crippen molar-refractivity contribution in [2.75, 3.05) is 33.4 Å². The highest BCUT2D eigenvalue weighted by Crippen LogP contribution is 2.31. The van der Waals surface area contributed by atoms with E-state index in [0.717, 1.165) is 0 Å². The van der Waals surface area contributed by atoms with Gasteiger partial charge in [-0.15, -0.1) is 0 Å². The highest BCUT2D eigenvalue weighted by molar-refractivity contribution is 7.89. The number of carbonyl (C=O) groups is 2. The van der Waals surface area contributed by atoms with Gasteiger partial charge in [-0.1, -0.05) is 6.07 Å². The smallest absolute Gasteiger partial charge is 0.311 e. The summed E-state index contributed by atoms with van der Waals surface area (Å²) in [6.07, 6.45) is 0.365. The van der Waals surface area contributed by atoms with Crippen molar-refractivity contribution in [3.8, 4) is 0 Å². The van der Waals surface area contributed by atoms with Crippen LogP contribution in [0.25, 0.3) is 0 Å². The number of nitrogens with one attached hydrogen (secondary N) is 1. The summed E-state index contributed by atoms with van der Waals surface area (Å²) in [7, 11) is -2.29. The van der Waals surface area contributed by atoms with E-state index in [-0.39, 0.29) is 36.1 Å². The minimum atomic E-state index is -3.76. The van der Waals surface area contributed by atoms with Crippen molar-refractivity contribution in [2.45, 2.75) is 25.2 Å². The van der Waals surface area contributed by atoms with Crippen LogP contribution in [-0.2, 0) is 19.6 Å². The van der Waals surface area contributed by atoms with Gasteiger partial charge in [-0.25, -0.2) is 13.1 Å². The van der Waals surface area contributed by atoms with Crippen LogP contribution in [0.15, 0.2) is 23.1 Å². The number of benzene rings is 1. The zero-order valence-corrected chi connectivity index (χ0v) is 15.9. The van der Waals surface area contributed by atoms with Crippen LogP contribution in [0, 0.1) is 12.3 Å². The fourth-order valence-corrected chi connectivity index (χ4v) is 3.88. The van der Waals surface area contributed by atoms with Crippen molar-refractivity contribution in [3.05, 3.63) is 29.3 Å².